The second-order valence-corrected chi connectivity index (χ2v) is 6.82. The third-order valence-corrected chi connectivity index (χ3v) is 4.57. The molecule has 0 aromatic carbocycles. The molecule has 0 bridgehead atoms. The average molecular weight is 362 g/mol. The van der Waals surface area contributed by atoms with Crippen LogP contribution in [0.25, 0.3) is 10.2 Å². The first-order valence-corrected chi connectivity index (χ1v) is 7.37. The zero-order valence-electron chi connectivity index (χ0n) is 9.06. The van der Waals surface area contributed by atoms with Crippen LogP contribution < -0.4 is 4.74 Å². The van der Waals surface area contributed by atoms with E-state index >= 15 is 0 Å². The molecule has 17 heavy (non-hydrogen) atoms. The van der Waals surface area contributed by atoms with Crippen molar-refractivity contribution >= 4 is 44.1 Å². The molecular weight excluding hydrogens is 351 g/mol. The van der Waals surface area contributed by atoms with Crippen molar-refractivity contribution < 1.29 is 9.47 Å². The summed E-state index contributed by atoms with van der Waals surface area (Å²) >= 11 is 3.97. The van der Waals surface area contributed by atoms with Crippen molar-refractivity contribution in [3.05, 3.63) is 15.3 Å². The molecule has 0 radical (unpaired) electrons. The van der Waals surface area contributed by atoms with E-state index < -0.39 is 0 Å². The van der Waals surface area contributed by atoms with Crippen LogP contribution in [0.1, 0.15) is 12.8 Å². The molecule has 1 saturated heterocycles. The van der Waals surface area contributed by atoms with Gasteiger partial charge >= 0.3 is 0 Å². The monoisotopic (exact) mass is 362 g/mol. The smallest absolute Gasteiger partial charge is 0.235 e. The van der Waals surface area contributed by atoms with Gasteiger partial charge in [-0.1, -0.05) is 0 Å². The van der Waals surface area contributed by atoms with Gasteiger partial charge in [0.1, 0.15) is 17.1 Å². The van der Waals surface area contributed by atoms with E-state index in [2.05, 4.69) is 38.6 Å². The fraction of sp³-hybridized carbons (Fsp3) is 0.455. The highest BCUT2D eigenvalue weighted by Crippen LogP contribution is 2.32. The van der Waals surface area contributed by atoms with Gasteiger partial charge in [0.2, 0.25) is 5.88 Å². The summed E-state index contributed by atoms with van der Waals surface area (Å²) in [6.45, 7) is 1.56. The number of rotatable bonds is 2. The molecular formula is C11H11IN2O2S. The summed E-state index contributed by atoms with van der Waals surface area (Å²) in [5.74, 6) is 0.717. The summed E-state index contributed by atoms with van der Waals surface area (Å²) in [5, 5.41) is 0. The van der Waals surface area contributed by atoms with Crippen molar-refractivity contribution in [2.75, 3.05) is 13.2 Å². The molecule has 0 spiro atoms. The third-order valence-electron chi connectivity index (χ3n) is 2.70. The van der Waals surface area contributed by atoms with E-state index in [9.17, 15) is 0 Å². The molecule has 0 aliphatic carbocycles. The number of hydrogen-bond acceptors (Lipinski definition) is 5. The van der Waals surface area contributed by atoms with E-state index in [4.69, 9.17) is 9.47 Å². The molecule has 6 heteroatoms. The van der Waals surface area contributed by atoms with Crippen molar-refractivity contribution in [1.82, 2.24) is 9.97 Å². The second kappa shape index (κ2) is 5.03. The van der Waals surface area contributed by atoms with E-state index in [1.165, 1.54) is 2.88 Å². The Kier molecular flexibility index (Phi) is 3.44. The highest BCUT2D eigenvalue weighted by molar-refractivity contribution is 14.1. The second-order valence-electron chi connectivity index (χ2n) is 3.87. The predicted octanol–water partition coefficient (Wildman–Crippen LogP) is 2.85. The Labute approximate surface area is 117 Å². The molecule has 0 atom stereocenters. The summed E-state index contributed by atoms with van der Waals surface area (Å²) in [4.78, 5) is 8.49. The molecule has 4 nitrogen and oxygen atoms in total. The number of thiophene rings is 1. The zero-order valence-corrected chi connectivity index (χ0v) is 12.0. The Bertz CT molecular complexity index is 525. The van der Waals surface area contributed by atoms with E-state index in [0.29, 0.717) is 0 Å². The van der Waals surface area contributed by atoms with Crippen LogP contribution in [0.5, 0.6) is 5.88 Å². The maximum Gasteiger partial charge on any atom is 0.235 e. The highest BCUT2D eigenvalue weighted by Gasteiger charge is 2.18. The Balaban J connectivity index is 1.88. The van der Waals surface area contributed by atoms with Crippen LogP contribution in [0.15, 0.2) is 12.4 Å². The lowest BCUT2D eigenvalue weighted by molar-refractivity contribution is 0.0244. The van der Waals surface area contributed by atoms with E-state index in [0.717, 1.165) is 42.2 Å². The van der Waals surface area contributed by atoms with Gasteiger partial charge in [-0.05, 0) is 28.7 Å². The molecule has 90 valence electrons. The third kappa shape index (κ3) is 2.53. The minimum Gasteiger partial charge on any atom is -0.473 e. The van der Waals surface area contributed by atoms with Crippen molar-refractivity contribution in [3.8, 4) is 5.88 Å². The maximum absolute atomic E-state index is 5.96. The van der Waals surface area contributed by atoms with Crippen LogP contribution in [-0.2, 0) is 4.74 Å². The maximum atomic E-state index is 5.96. The van der Waals surface area contributed by atoms with Crippen LogP contribution in [0.4, 0.5) is 0 Å². The Morgan fingerprint density at radius 3 is 3.00 bits per heavy atom. The Morgan fingerprint density at radius 1 is 1.35 bits per heavy atom. The average Bonchev–Trinajstić information content (AvgIpc) is 2.72. The van der Waals surface area contributed by atoms with Crippen molar-refractivity contribution in [1.29, 1.82) is 0 Å². The molecule has 2 aromatic heterocycles. The Morgan fingerprint density at radius 2 is 2.18 bits per heavy atom. The Hall–Kier alpha value is -0.470. The summed E-state index contributed by atoms with van der Waals surface area (Å²) in [7, 11) is 0. The van der Waals surface area contributed by atoms with E-state index in [1.54, 1.807) is 17.7 Å². The van der Waals surface area contributed by atoms with E-state index in [-0.39, 0.29) is 6.10 Å². The van der Waals surface area contributed by atoms with Crippen LogP contribution in [-0.4, -0.2) is 29.3 Å². The first kappa shape index (κ1) is 11.6. The number of ether oxygens (including phenoxy) is 2. The molecule has 0 amide bonds. The topological polar surface area (TPSA) is 44.2 Å². The molecule has 0 N–H and O–H groups in total. The fourth-order valence-electron chi connectivity index (χ4n) is 1.84. The number of hydrogen-bond donors (Lipinski definition) is 0. The van der Waals surface area contributed by atoms with Crippen LogP contribution in [0, 0.1) is 2.88 Å². The largest absolute Gasteiger partial charge is 0.473 e. The lowest BCUT2D eigenvalue weighted by atomic mass is 10.1. The number of nitrogens with zero attached hydrogens (tertiary/aromatic N) is 2. The SMILES string of the molecule is Ic1cc2ncnc(OC3CCOCC3)c2s1. The summed E-state index contributed by atoms with van der Waals surface area (Å²) in [6, 6.07) is 2.05. The standard InChI is InChI=1S/C11H11IN2O2S/c12-9-5-8-10(17-9)11(14-6-13-8)16-7-1-3-15-4-2-7/h5-7H,1-4H2. The summed E-state index contributed by atoms with van der Waals surface area (Å²) in [6.07, 6.45) is 3.67. The van der Waals surface area contributed by atoms with Gasteiger partial charge in [-0.2, -0.15) is 0 Å². The first-order chi connectivity index (χ1) is 8.33. The van der Waals surface area contributed by atoms with Gasteiger partial charge in [0.15, 0.2) is 0 Å². The van der Waals surface area contributed by atoms with Crippen molar-refractivity contribution in [2.24, 2.45) is 0 Å². The van der Waals surface area contributed by atoms with Crippen LogP contribution in [0.2, 0.25) is 0 Å². The van der Waals surface area contributed by atoms with E-state index in [1.807, 2.05) is 0 Å². The molecule has 1 aliphatic heterocycles. The summed E-state index contributed by atoms with van der Waals surface area (Å²) in [5.41, 5.74) is 0.969. The number of aromatic nitrogens is 2. The lowest BCUT2D eigenvalue weighted by Gasteiger charge is -2.22. The number of halogens is 1. The minimum absolute atomic E-state index is 0.224. The molecule has 2 aromatic rings. The van der Waals surface area contributed by atoms with Gasteiger partial charge in [0, 0.05) is 12.8 Å². The minimum atomic E-state index is 0.224. The molecule has 0 saturated carbocycles. The first-order valence-electron chi connectivity index (χ1n) is 5.47. The molecule has 1 fully saturated rings. The highest BCUT2D eigenvalue weighted by atomic mass is 127. The fourth-order valence-corrected chi connectivity index (χ4v) is 3.56. The molecule has 1 aliphatic rings. The van der Waals surface area contributed by atoms with Gasteiger partial charge in [-0.15, -0.1) is 11.3 Å². The van der Waals surface area contributed by atoms with Gasteiger partial charge < -0.3 is 9.47 Å². The lowest BCUT2D eigenvalue weighted by Crippen LogP contribution is -2.26. The molecule has 0 unspecified atom stereocenters. The van der Waals surface area contributed by atoms with Gasteiger partial charge in [-0.3, -0.25) is 0 Å². The van der Waals surface area contributed by atoms with Gasteiger partial charge in [0.25, 0.3) is 0 Å². The quantitative estimate of drug-likeness (QED) is 0.771. The van der Waals surface area contributed by atoms with Gasteiger partial charge in [-0.25, -0.2) is 9.97 Å². The van der Waals surface area contributed by atoms with Crippen molar-refractivity contribution in [2.45, 2.75) is 18.9 Å². The molecule has 3 heterocycles. The number of fused-ring (bicyclic) bond motifs is 1. The van der Waals surface area contributed by atoms with Crippen LogP contribution >= 0.6 is 33.9 Å². The molecule has 3 rings (SSSR count). The van der Waals surface area contributed by atoms with Gasteiger partial charge in [0.05, 0.1) is 21.6 Å². The normalized spacial score (nSPS) is 17.5. The van der Waals surface area contributed by atoms with Crippen molar-refractivity contribution in [3.63, 3.8) is 0 Å². The summed E-state index contributed by atoms with van der Waals surface area (Å²) < 4.78 is 13.5. The zero-order chi connectivity index (χ0) is 11.7. The predicted molar refractivity (Wildman–Crippen MR) is 74.6 cm³/mol. The van der Waals surface area contributed by atoms with Crippen LogP contribution in [0.3, 0.4) is 0 Å².